The van der Waals surface area contributed by atoms with Crippen molar-refractivity contribution in [3.63, 3.8) is 0 Å². The summed E-state index contributed by atoms with van der Waals surface area (Å²) in [6.45, 7) is 0.167. The van der Waals surface area contributed by atoms with Gasteiger partial charge in [-0.1, -0.05) is 47.5 Å². The van der Waals surface area contributed by atoms with Gasteiger partial charge in [-0.15, -0.1) is 0 Å². The Morgan fingerprint density at radius 2 is 1.93 bits per heavy atom. The van der Waals surface area contributed by atoms with Crippen LogP contribution in [0, 0.1) is 22.7 Å². The van der Waals surface area contributed by atoms with Crippen LogP contribution in [0.2, 0.25) is 10.0 Å². The van der Waals surface area contributed by atoms with E-state index in [4.69, 9.17) is 28.5 Å². The first kappa shape index (κ1) is 18.5. The van der Waals surface area contributed by atoms with Crippen LogP contribution in [0.4, 0.5) is 5.69 Å². The van der Waals surface area contributed by atoms with Crippen molar-refractivity contribution in [2.45, 2.75) is 6.54 Å². The van der Waals surface area contributed by atoms with Crippen molar-refractivity contribution in [1.82, 2.24) is 4.57 Å². The van der Waals surface area contributed by atoms with E-state index >= 15 is 0 Å². The van der Waals surface area contributed by atoms with Crippen LogP contribution in [0.15, 0.2) is 54.2 Å². The number of anilines is 1. The molecule has 0 fully saturated rings. The number of rotatable bonds is 4. The summed E-state index contributed by atoms with van der Waals surface area (Å²) in [7, 11) is 0. The van der Waals surface area contributed by atoms with Crippen molar-refractivity contribution in [3.05, 3.63) is 69.8 Å². The Morgan fingerprint density at radius 3 is 2.67 bits per heavy atom. The van der Waals surface area contributed by atoms with E-state index in [1.807, 2.05) is 30.3 Å². The maximum atomic E-state index is 12.5. The van der Waals surface area contributed by atoms with Gasteiger partial charge < -0.3 is 9.88 Å². The standard InChI is InChI=1S/C20H12Cl2N4O/c21-16-5-3-6-17(19(16)22)25-20(27)13(11-24)10-14-12-26(9-8-23)18-7-2-1-4-15(14)18/h1-7,10,12H,9H2,(H,25,27)/b13-10-. The van der Waals surface area contributed by atoms with E-state index in [1.165, 1.54) is 6.08 Å². The van der Waals surface area contributed by atoms with Gasteiger partial charge in [-0.25, -0.2) is 0 Å². The van der Waals surface area contributed by atoms with Crippen LogP contribution in [0.3, 0.4) is 0 Å². The van der Waals surface area contributed by atoms with E-state index in [0.29, 0.717) is 16.3 Å². The summed E-state index contributed by atoms with van der Waals surface area (Å²) in [5.41, 5.74) is 1.75. The van der Waals surface area contributed by atoms with Crippen molar-refractivity contribution < 1.29 is 4.79 Å². The zero-order chi connectivity index (χ0) is 19.4. The number of fused-ring (bicyclic) bond motifs is 1. The van der Waals surface area contributed by atoms with Crippen molar-refractivity contribution >= 4 is 51.8 Å². The maximum absolute atomic E-state index is 12.5. The van der Waals surface area contributed by atoms with E-state index in [2.05, 4.69) is 11.4 Å². The molecule has 132 valence electrons. The fourth-order valence-corrected chi connectivity index (χ4v) is 3.04. The largest absolute Gasteiger partial charge is 0.333 e. The van der Waals surface area contributed by atoms with Crippen LogP contribution in [-0.2, 0) is 11.3 Å². The summed E-state index contributed by atoms with van der Waals surface area (Å²) < 4.78 is 1.77. The number of nitrogens with zero attached hydrogens (tertiary/aromatic N) is 3. The summed E-state index contributed by atoms with van der Waals surface area (Å²) >= 11 is 12.0. The fourth-order valence-electron chi connectivity index (χ4n) is 2.69. The Kier molecular flexibility index (Phi) is 5.47. The van der Waals surface area contributed by atoms with Gasteiger partial charge in [-0.05, 0) is 24.3 Å². The molecule has 3 rings (SSSR count). The lowest BCUT2D eigenvalue weighted by molar-refractivity contribution is -0.112. The zero-order valence-electron chi connectivity index (χ0n) is 13.9. The van der Waals surface area contributed by atoms with Gasteiger partial charge in [0.15, 0.2) is 0 Å². The lowest BCUT2D eigenvalue weighted by Gasteiger charge is -2.07. The topological polar surface area (TPSA) is 81.6 Å². The second kappa shape index (κ2) is 7.97. The van der Waals surface area contributed by atoms with Gasteiger partial charge in [-0.2, -0.15) is 10.5 Å². The highest BCUT2D eigenvalue weighted by atomic mass is 35.5. The van der Waals surface area contributed by atoms with E-state index in [9.17, 15) is 10.1 Å². The number of benzene rings is 2. The molecule has 0 unspecified atom stereocenters. The molecular formula is C20H12Cl2N4O. The lowest BCUT2D eigenvalue weighted by atomic mass is 10.1. The van der Waals surface area contributed by atoms with Crippen molar-refractivity contribution in [2.24, 2.45) is 0 Å². The average molecular weight is 395 g/mol. The molecule has 7 heteroatoms. The number of para-hydroxylation sites is 1. The van der Waals surface area contributed by atoms with E-state index in [0.717, 1.165) is 10.9 Å². The highest BCUT2D eigenvalue weighted by molar-refractivity contribution is 6.44. The number of hydrogen-bond acceptors (Lipinski definition) is 3. The Hall–Kier alpha value is -3.25. The van der Waals surface area contributed by atoms with Crippen LogP contribution < -0.4 is 5.32 Å². The van der Waals surface area contributed by atoms with Gasteiger partial charge in [0.05, 0.1) is 21.8 Å². The molecule has 0 atom stereocenters. The van der Waals surface area contributed by atoms with Crippen LogP contribution in [0.25, 0.3) is 17.0 Å². The average Bonchev–Trinajstić information content (AvgIpc) is 3.01. The molecule has 27 heavy (non-hydrogen) atoms. The number of amides is 1. The van der Waals surface area contributed by atoms with Crippen molar-refractivity contribution in [1.29, 1.82) is 10.5 Å². The third kappa shape index (κ3) is 3.80. The van der Waals surface area contributed by atoms with Crippen LogP contribution in [-0.4, -0.2) is 10.5 Å². The Morgan fingerprint density at radius 1 is 1.15 bits per heavy atom. The number of nitriles is 2. The molecule has 0 radical (unpaired) electrons. The van der Waals surface area contributed by atoms with E-state index in [-0.39, 0.29) is 17.1 Å². The van der Waals surface area contributed by atoms with Crippen LogP contribution in [0.5, 0.6) is 0 Å². The smallest absolute Gasteiger partial charge is 0.266 e. The minimum absolute atomic E-state index is 0.0918. The number of hydrogen-bond donors (Lipinski definition) is 1. The summed E-state index contributed by atoms with van der Waals surface area (Å²) in [5, 5.41) is 22.4. The highest BCUT2D eigenvalue weighted by Gasteiger charge is 2.14. The molecule has 5 nitrogen and oxygen atoms in total. The zero-order valence-corrected chi connectivity index (χ0v) is 15.4. The van der Waals surface area contributed by atoms with Crippen molar-refractivity contribution in [2.75, 3.05) is 5.32 Å². The van der Waals surface area contributed by atoms with E-state index in [1.54, 1.807) is 29.0 Å². The predicted octanol–water partition coefficient (Wildman–Crippen LogP) is 5.02. The SMILES string of the molecule is N#CCn1cc(/C=C(/C#N)C(=O)Nc2cccc(Cl)c2Cl)c2ccccc21. The molecular weight excluding hydrogens is 383 g/mol. The first-order chi connectivity index (χ1) is 13.0. The first-order valence-corrected chi connectivity index (χ1v) is 8.62. The normalized spacial score (nSPS) is 11.0. The molecule has 3 aromatic rings. The van der Waals surface area contributed by atoms with Crippen molar-refractivity contribution in [3.8, 4) is 12.1 Å². The number of carbonyl (C=O) groups excluding carboxylic acids is 1. The molecule has 0 bridgehead atoms. The third-order valence-electron chi connectivity index (χ3n) is 3.93. The summed E-state index contributed by atoms with van der Waals surface area (Å²) in [6.07, 6.45) is 3.23. The van der Waals surface area contributed by atoms with Gasteiger partial charge in [0, 0.05) is 22.7 Å². The van der Waals surface area contributed by atoms with Gasteiger partial charge in [0.2, 0.25) is 0 Å². The van der Waals surface area contributed by atoms with Gasteiger partial charge >= 0.3 is 0 Å². The molecule has 1 aromatic heterocycles. The van der Waals surface area contributed by atoms with Crippen LogP contribution in [0.1, 0.15) is 5.56 Å². The lowest BCUT2D eigenvalue weighted by Crippen LogP contribution is -2.13. The predicted molar refractivity (Wildman–Crippen MR) is 106 cm³/mol. The fraction of sp³-hybridized carbons (Fsp3) is 0.0500. The monoisotopic (exact) mass is 394 g/mol. The molecule has 0 aliphatic carbocycles. The number of halogens is 2. The van der Waals surface area contributed by atoms with E-state index < -0.39 is 5.91 Å². The number of carbonyl (C=O) groups is 1. The molecule has 1 amide bonds. The second-order valence-electron chi connectivity index (χ2n) is 5.61. The maximum Gasteiger partial charge on any atom is 0.266 e. The molecule has 1 heterocycles. The number of aromatic nitrogens is 1. The first-order valence-electron chi connectivity index (χ1n) is 7.87. The van der Waals surface area contributed by atoms with Crippen LogP contribution >= 0.6 is 23.2 Å². The third-order valence-corrected chi connectivity index (χ3v) is 4.74. The molecule has 0 spiro atoms. The Bertz CT molecular complexity index is 1150. The molecule has 0 aliphatic heterocycles. The molecule has 1 N–H and O–H groups in total. The summed E-state index contributed by atoms with van der Waals surface area (Å²) in [5.74, 6) is -0.598. The van der Waals surface area contributed by atoms with Gasteiger partial charge in [0.1, 0.15) is 18.2 Å². The molecule has 0 aliphatic rings. The summed E-state index contributed by atoms with van der Waals surface area (Å²) in [6, 6.07) is 16.3. The Labute approximate surface area is 165 Å². The quantitative estimate of drug-likeness (QED) is 0.498. The highest BCUT2D eigenvalue weighted by Crippen LogP contribution is 2.30. The minimum Gasteiger partial charge on any atom is -0.333 e. The van der Waals surface area contributed by atoms with Gasteiger partial charge in [-0.3, -0.25) is 4.79 Å². The number of nitrogens with one attached hydrogen (secondary N) is 1. The summed E-state index contributed by atoms with van der Waals surface area (Å²) in [4.78, 5) is 12.5. The molecule has 0 saturated heterocycles. The Balaban J connectivity index is 1.99. The molecule has 2 aromatic carbocycles. The molecule has 0 saturated carbocycles. The second-order valence-corrected chi connectivity index (χ2v) is 6.40. The minimum atomic E-state index is -0.598. The van der Waals surface area contributed by atoms with Gasteiger partial charge in [0.25, 0.3) is 5.91 Å².